The first kappa shape index (κ1) is 21.3. The maximum atomic E-state index is 5.93. The number of hydrogen-bond acceptors (Lipinski definition) is 5. The molecular formula is C26H31NO4. The van der Waals surface area contributed by atoms with Crippen LogP contribution in [0.4, 0.5) is 0 Å². The summed E-state index contributed by atoms with van der Waals surface area (Å²) in [5.41, 5.74) is 5.86. The summed E-state index contributed by atoms with van der Waals surface area (Å²) in [5.74, 6) is 3.27. The van der Waals surface area contributed by atoms with Crippen LogP contribution in [-0.2, 0) is 6.42 Å². The highest BCUT2D eigenvalue weighted by Crippen LogP contribution is 2.50. The number of aryl methyl sites for hydroxylation is 1. The normalized spacial score (nSPS) is 17.9. The predicted octanol–water partition coefficient (Wildman–Crippen LogP) is 5.44. The quantitative estimate of drug-likeness (QED) is 0.594. The lowest BCUT2D eigenvalue weighted by atomic mass is 9.81. The average Bonchev–Trinajstić information content (AvgIpc) is 2.77. The smallest absolute Gasteiger partial charge is 0.130 e. The van der Waals surface area contributed by atoms with Crippen molar-refractivity contribution in [1.82, 2.24) is 5.32 Å². The van der Waals surface area contributed by atoms with Crippen LogP contribution in [0.2, 0.25) is 0 Å². The first-order valence-electron chi connectivity index (χ1n) is 10.6. The molecule has 0 aromatic heterocycles. The van der Waals surface area contributed by atoms with E-state index in [2.05, 4.69) is 38.2 Å². The molecule has 31 heavy (non-hydrogen) atoms. The van der Waals surface area contributed by atoms with Gasteiger partial charge in [-0.2, -0.15) is 0 Å². The Kier molecular flexibility index (Phi) is 5.71. The number of rotatable bonds is 5. The maximum Gasteiger partial charge on any atom is 0.130 e. The summed E-state index contributed by atoms with van der Waals surface area (Å²) >= 11 is 0. The van der Waals surface area contributed by atoms with Gasteiger partial charge < -0.3 is 24.3 Å². The Bertz CT molecular complexity index is 1140. The lowest BCUT2D eigenvalue weighted by molar-refractivity contribution is 0.371. The van der Waals surface area contributed by atoms with Crippen LogP contribution in [0.15, 0.2) is 30.3 Å². The standard InChI is InChI=1S/C26H31NO4/c1-14-11-20(29-5)25-17(9-8-10-19(25)28-4)23(14)26-18-12-15(2)27-16(3)24(18)21(30-6)13-22(26)31-7/h8-11,13,15-16,27H,12H2,1-7H3/t15-,16+/m1/s1. The topological polar surface area (TPSA) is 49.0 Å². The van der Waals surface area contributed by atoms with Gasteiger partial charge in [0.2, 0.25) is 0 Å². The second kappa shape index (κ2) is 8.31. The minimum absolute atomic E-state index is 0.178. The second-order valence-electron chi connectivity index (χ2n) is 8.20. The van der Waals surface area contributed by atoms with E-state index < -0.39 is 0 Å². The van der Waals surface area contributed by atoms with Crippen LogP contribution in [0.1, 0.15) is 36.6 Å². The molecule has 1 heterocycles. The summed E-state index contributed by atoms with van der Waals surface area (Å²) in [6, 6.07) is 10.8. The van der Waals surface area contributed by atoms with Gasteiger partial charge in [0.05, 0.1) is 33.8 Å². The van der Waals surface area contributed by atoms with Crippen molar-refractivity contribution in [1.29, 1.82) is 0 Å². The van der Waals surface area contributed by atoms with E-state index >= 15 is 0 Å². The van der Waals surface area contributed by atoms with E-state index in [1.165, 1.54) is 11.1 Å². The largest absolute Gasteiger partial charge is 0.496 e. The molecule has 1 aliphatic rings. The van der Waals surface area contributed by atoms with E-state index in [1.807, 2.05) is 18.2 Å². The lowest BCUT2D eigenvalue weighted by Crippen LogP contribution is -2.36. The summed E-state index contributed by atoms with van der Waals surface area (Å²) in [6.07, 6.45) is 0.888. The Morgan fingerprint density at radius 3 is 2.13 bits per heavy atom. The first-order valence-corrected chi connectivity index (χ1v) is 10.6. The minimum Gasteiger partial charge on any atom is -0.496 e. The second-order valence-corrected chi connectivity index (χ2v) is 8.20. The van der Waals surface area contributed by atoms with Crippen molar-refractivity contribution in [2.45, 2.75) is 39.3 Å². The molecule has 0 saturated carbocycles. The lowest BCUT2D eigenvalue weighted by Gasteiger charge is -2.33. The van der Waals surface area contributed by atoms with Gasteiger partial charge in [0.1, 0.15) is 23.0 Å². The monoisotopic (exact) mass is 421 g/mol. The average molecular weight is 422 g/mol. The summed E-state index contributed by atoms with van der Waals surface area (Å²) < 4.78 is 23.2. The van der Waals surface area contributed by atoms with E-state index in [4.69, 9.17) is 18.9 Å². The fraction of sp³-hybridized carbons (Fsp3) is 0.385. The van der Waals surface area contributed by atoms with Gasteiger partial charge in [-0.3, -0.25) is 0 Å². The van der Waals surface area contributed by atoms with Gasteiger partial charge in [-0.05, 0) is 61.4 Å². The highest BCUT2D eigenvalue weighted by molar-refractivity contribution is 6.06. The van der Waals surface area contributed by atoms with Gasteiger partial charge in [0.25, 0.3) is 0 Å². The highest BCUT2D eigenvalue weighted by Gasteiger charge is 2.31. The Morgan fingerprint density at radius 2 is 1.48 bits per heavy atom. The highest BCUT2D eigenvalue weighted by atomic mass is 16.5. The number of fused-ring (bicyclic) bond motifs is 2. The zero-order valence-corrected chi connectivity index (χ0v) is 19.4. The molecule has 0 saturated heterocycles. The maximum absolute atomic E-state index is 5.93. The summed E-state index contributed by atoms with van der Waals surface area (Å²) in [5, 5.41) is 5.71. The van der Waals surface area contributed by atoms with Gasteiger partial charge in [-0.1, -0.05) is 12.1 Å². The van der Waals surface area contributed by atoms with Crippen molar-refractivity contribution < 1.29 is 18.9 Å². The van der Waals surface area contributed by atoms with Crippen LogP contribution in [0.25, 0.3) is 21.9 Å². The zero-order valence-electron chi connectivity index (χ0n) is 19.4. The molecule has 0 radical (unpaired) electrons. The third kappa shape index (κ3) is 3.37. The van der Waals surface area contributed by atoms with E-state index in [0.717, 1.165) is 56.9 Å². The fourth-order valence-corrected chi connectivity index (χ4v) is 5.08. The van der Waals surface area contributed by atoms with Gasteiger partial charge in [-0.15, -0.1) is 0 Å². The Morgan fingerprint density at radius 1 is 0.806 bits per heavy atom. The van der Waals surface area contributed by atoms with E-state index in [9.17, 15) is 0 Å². The molecule has 1 N–H and O–H groups in total. The molecule has 0 spiro atoms. The van der Waals surface area contributed by atoms with Crippen LogP contribution < -0.4 is 24.3 Å². The zero-order chi connectivity index (χ0) is 22.3. The fourth-order valence-electron chi connectivity index (χ4n) is 5.08. The molecule has 0 unspecified atom stereocenters. The van der Waals surface area contributed by atoms with Crippen molar-refractivity contribution in [2.24, 2.45) is 0 Å². The summed E-state index contributed by atoms with van der Waals surface area (Å²) in [4.78, 5) is 0. The molecule has 3 aromatic carbocycles. The summed E-state index contributed by atoms with van der Waals surface area (Å²) in [6.45, 7) is 6.53. The van der Waals surface area contributed by atoms with Crippen LogP contribution in [-0.4, -0.2) is 34.5 Å². The first-order chi connectivity index (χ1) is 14.9. The van der Waals surface area contributed by atoms with Crippen molar-refractivity contribution in [3.8, 4) is 34.1 Å². The van der Waals surface area contributed by atoms with Crippen LogP contribution in [0, 0.1) is 6.92 Å². The van der Waals surface area contributed by atoms with Crippen molar-refractivity contribution in [3.05, 3.63) is 47.0 Å². The van der Waals surface area contributed by atoms with Gasteiger partial charge in [0.15, 0.2) is 0 Å². The number of benzene rings is 3. The molecule has 164 valence electrons. The molecule has 3 aromatic rings. The molecule has 5 nitrogen and oxygen atoms in total. The molecule has 0 fully saturated rings. The third-order valence-corrected chi connectivity index (χ3v) is 6.29. The molecule has 5 heteroatoms. The SMILES string of the molecule is COc1cc(OC)c2c(c1-c1c(C)cc(OC)c3c(OC)cccc13)C[C@@H](C)N[C@H]2C. The van der Waals surface area contributed by atoms with Crippen LogP contribution in [0.3, 0.4) is 0 Å². The van der Waals surface area contributed by atoms with Crippen LogP contribution in [0.5, 0.6) is 23.0 Å². The molecule has 1 aliphatic heterocycles. The number of methoxy groups -OCH3 is 4. The molecule has 0 bridgehead atoms. The van der Waals surface area contributed by atoms with Gasteiger partial charge >= 0.3 is 0 Å². The van der Waals surface area contributed by atoms with Crippen molar-refractivity contribution in [3.63, 3.8) is 0 Å². The van der Waals surface area contributed by atoms with Crippen molar-refractivity contribution in [2.75, 3.05) is 28.4 Å². The number of hydrogen-bond donors (Lipinski definition) is 1. The van der Waals surface area contributed by atoms with E-state index in [1.54, 1.807) is 28.4 Å². The van der Waals surface area contributed by atoms with Gasteiger partial charge in [-0.25, -0.2) is 0 Å². The Labute approximate surface area is 184 Å². The Balaban J connectivity index is 2.17. The van der Waals surface area contributed by atoms with E-state index in [-0.39, 0.29) is 6.04 Å². The molecule has 0 amide bonds. The number of ether oxygens (including phenoxy) is 4. The molecule has 4 rings (SSSR count). The minimum atomic E-state index is 0.178. The third-order valence-electron chi connectivity index (χ3n) is 6.29. The predicted molar refractivity (Wildman–Crippen MR) is 125 cm³/mol. The van der Waals surface area contributed by atoms with E-state index in [0.29, 0.717) is 6.04 Å². The Hall–Kier alpha value is -2.92. The molecular weight excluding hydrogens is 390 g/mol. The molecule has 0 aliphatic carbocycles. The summed E-state index contributed by atoms with van der Waals surface area (Å²) in [7, 11) is 6.84. The van der Waals surface area contributed by atoms with Crippen LogP contribution >= 0.6 is 0 Å². The van der Waals surface area contributed by atoms with Crippen molar-refractivity contribution >= 4 is 10.8 Å². The number of nitrogens with one attached hydrogen (secondary N) is 1. The molecule has 2 atom stereocenters. The van der Waals surface area contributed by atoms with Gasteiger partial charge in [0, 0.05) is 29.3 Å².